The maximum atomic E-state index is 11.8. The van der Waals surface area contributed by atoms with E-state index in [4.69, 9.17) is 0 Å². The fraction of sp³-hybridized carbons (Fsp3) is 0.333. The summed E-state index contributed by atoms with van der Waals surface area (Å²) < 4.78 is 0.777. The van der Waals surface area contributed by atoms with E-state index in [0.29, 0.717) is 12.0 Å². The van der Waals surface area contributed by atoms with Crippen LogP contribution in [0.4, 0.5) is 0 Å². The van der Waals surface area contributed by atoms with Crippen LogP contribution in [0.1, 0.15) is 29.3 Å². The van der Waals surface area contributed by atoms with Crippen LogP contribution in [0, 0.1) is 5.92 Å². The number of halogens is 1. The second kappa shape index (κ2) is 4.01. The van der Waals surface area contributed by atoms with E-state index in [2.05, 4.69) is 15.9 Å². The number of hydrogen-bond acceptors (Lipinski definition) is 3. The average Bonchev–Trinajstić information content (AvgIpc) is 2.22. The Morgan fingerprint density at radius 3 is 2.75 bits per heavy atom. The van der Waals surface area contributed by atoms with Crippen molar-refractivity contribution < 1.29 is 14.7 Å². The molecule has 0 aliphatic heterocycles. The number of phenolic OH excluding ortho intramolecular Hbond substituents is 1. The molecule has 0 saturated carbocycles. The van der Waals surface area contributed by atoms with Gasteiger partial charge in [0.25, 0.3) is 0 Å². The van der Waals surface area contributed by atoms with Crippen molar-refractivity contribution in [1.29, 1.82) is 0 Å². The Morgan fingerprint density at radius 1 is 1.44 bits per heavy atom. The van der Waals surface area contributed by atoms with Crippen LogP contribution in [0.25, 0.3) is 0 Å². The van der Waals surface area contributed by atoms with Crippen molar-refractivity contribution in [3.05, 3.63) is 27.7 Å². The third-order valence-electron chi connectivity index (χ3n) is 2.97. The molecule has 1 N–H and O–H groups in total. The van der Waals surface area contributed by atoms with Gasteiger partial charge in [0.15, 0.2) is 5.78 Å². The minimum absolute atomic E-state index is 0.00482. The highest BCUT2D eigenvalue weighted by Gasteiger charge is 2.31. The molecular formula is C12H11BrO3. The summed E-state index contributed by atoms with van der Waals surface area (Å²) in [4.78, 5) is 23.2. The lowest BCUT2D eigenvalue weighted by molar-refractivity contribution is -0.120. The van der Waals surface area contributed by atoms with Crippen molar-refractivity contribution in [3.8, 4) is 5.75 Å². The summed E-state index contributed by atoms with van der Waals surface area (Å²) in [7, 11) is 0. The van der Waals surface area contributed by atoms with Crippen LogP contribution in [0.3, 0.4) is 0 Å². The molecule has 0 aromatic heterocycles. The third-order valence-corrected chi connectivity index (χ3v) is 3.71. The molecule has 1 aromatic carbocycles. The second-order valence-electron chi connectivity index (χ2n) is 4.06. The number of hydrogen-bond donors (Lipinski definition) is 1. The maximum Gasteiger partial charge on any atom is 0.167 e. The van der Waals surface area contributed by atoms with Gasteiger partial charge in [-0.1, -0.05) is 15.9 Å². The van der Waals surface area contributed by atoms with Crippen LogP contribution in [-0.2, 0) is 11.2 Å². The zero-order valence-corrected chi connectivity index (χ0v) is 10.4. The molecular weight excluding hydrogens is 272 g/mol. The molecule has 1 atom stereocenters. The highest BCUT2D eigenvalue weighted by molar-refractivity contribution is 9.10. The van der Waals surface area contributed by atoms with Crippen LogP contribution < -0.4 is 0 Å². The molecule has 3 nitrogen and oxygen atoms in total. The van der Waals surface area contributed by atoms with Gasteiger partial charge in [0.05, 0.1) is 5.56 Å². The number of phenols is 1. The van der Waals surface area contributed by atoms with E-state index in [1.54, 1.807) is 6.07 Å². The maximum absolute atomic E-state index is 11.8. The van der Waals surface area contributed by atoms with Crippen molar-refractivity contribution in [2.75, 3.05) is 0 Å². The first-order valence-electron chi connectivity index (χ1n) is 5.04. The Balaban J connectivity index is 2.54. The SMILES string of the molecule is CC(=O)[C@@H]1CC(=O)c2c(O)ccc(Br)c2C1. The number of benzene rings is 1. The molecule has 0 bridgehead atoms. The Kier molecular flexibility index (Phi) is 2.84. The first-order valence-corrected chi connectivity index (χ1v) is 5.84. The van der Waals surface area contributed by atoms with E-state index in [1.807, 2.05) is 0 Å². The normalized spacial score (nSPS) is 19.4. The summed E-state index contributed by atoms with van der Waals surface area (Å²) in [5.41, 5.74) is 1.11. The summed E-state index contributed by atoms with van der Waals surface area (Å²) in [5.74, 6) is -0.377. The highest BCUT2D eigenvalue weighted by atomic mass is 79.9. The van der Waals surface area contributed by atoms with Gasteiger partial charge in [-0.3, -0.25) is 9.59 Å². The van der Waals surface area contributed by atoms with Gasteiger partial charge in [0, 0.05) is 16.8 Å². The van der Waals surface area contributed by atoms with Gasteiger partial charge in [-0.05, 0) is 31.0 Å². The van der Waals surface area contributed by atoms with E-state index in [-0.39, 0.29) is 29.7 Å². The van der Waals surface area contributed by atoms with E-state index < -0.39 is 0 Å². The first-order chi connectivity index (χ1) is 7.50. The van der Waals surface area contributed by atoms with E-state index in [9.17, 15) is 14.7 Å². The van der Waals surface area contributed by atoms with Gasteiger partial charge in [-0.15, -0.1) is 0 Å². The molecule has 0 radical (unpaired) electrons. The molecule has 1 aliphatic rings. The monoisotopic (exact) mass is 282 g/mol. The molecule has 0 heterocycles. The van der Waals surface area contributed by atoms with Crippen molar-refractivity contribution in [2.24, 2.45) is 5.92 Å². The van der Waals surface area contributed by atoms with Gasteiger partial charge in [0.2, 0.25) is 0 Å². The standard InChI is InChI=1S/C12H11BrO3/c1-6(14)7-4-8-9(13)2-3-10(15)12(8)11(16)5-7/h2-3,7,15H,4-5H2,1H3/t7-/m0/s1. The minimum Gasteiger partial charge on any atom is -0.507 e. The molecule has 0 saturated heterocycles. The Labute approximate surface area is 102 Å². The van der Waals surface area contributed by atoms with Gasteiger partial charge in [0.1, 0.15) is 11.5 Å². The number of aromatic hydroxyl groups is 1. The number of carbonyl (C=O) groups excluding carboxylic acids is 2. The van der Waals surface area contributed by atoms with Crippen LogP contribution in [0.2, 0.25) is 0 Å². The summed E-state index contributed by atoms with van der Waals surface area (Å²) in [6.07, 6.45) is 0.720. The lowest BCUT2D eigenvalue weighted by Gasteiger charge is -2.23. The third kappa shape index (κ3) is 1.78. The first kappa shape index (κ1) is 11.3. The number of Topliss-reactive ketones (excluding diaryl/α,β-unsaturated/α-hetero) is 2. The lowest BCUT2D eigenvalue weighted by atomic mass is 9.81. The van der Waals surface area contributed by atoms with Gasteiger partial charge >= 0.3 is 0 Å². The number of rotatable bonds is 1. The molecule has 0 spiro atoms. The molecule has 0 fully saturated rings. The quantitative estimate of drug-likeness (QED) is 0.861. The van der Waals surface area contributed by atoms with Crippen molar-refractivity contribution in [2.45, 2.75) is 19.8 Å². The lowest BCUT2D eigenvalue weighted by Crippen LogP contribution is -2.25. The van der Waals surface area contributed by atoms with E-state index in [1.165, 1.54) is 13.0 Å². The smallest absolute Gasteiger partial charge is 0.167 e. The predicted molar refractivity (Wildman–Crippen MR) is 62.6 cm³/mol. The molecule has 84 valence electrons. The zero-order valence-electron chi connectivity index (χ0n) is 8.79. The summed E-state index contributed by atoms with van der Waals surface area (Å²) in [5, 5.41) is 9.65. The van der Waals surface area contributed by atoms with E-state index in [0.717, 1.165) is 10.0 Å². The van der Waals surface area contributed by atoms with Crippen molar-refractivity contribution in [1.82, 2.24) is 0 Å². The van der Waals surface area contributed by atoms with E-state index >= 15 is 0 Å². The fourth-order valence-corrected chi connectivity index (χ4v) is 2.54. The summed E-state index contributed by atoms with van der Waals surface area (Å²) in [6, 6.07) is 3.19. The highest BCUT2D eigenvalue weighted by Crippen LogP contribution is 2.36. The predicted octanol–water partition coefficient (Wildman–Crippen LogP) is 2.49. The Morgan fingerprint density at radius 2 is 2.12 bits per heavy atom. The second-order valence-corrected chi connectivity index (χ2v) is 4.91. The largest absolute Gasteiger partial charge is 0.507 e. The molecule has 4 heteroatoms. The molecule has 0 unspecified atom stereocenters. The summed E-state index contributed by atoms with van der Waals surface area (Å²) in [6.45, 7) is 1.50. The van der Waals surface area contributed by atoms with Crippen molar-refractivity contribution >= 4 is 27.5 Å². The number of fused-ring (bicyclic) bond motifs is 1. The molecule has 16 heavy (non-hydrogen) atoms. The molecule has 1 aromatic rings. The molecule has 2 rings (SSSR count). The van der Waals surface area contributed by atoms with Crippen LogP contribution in [0.5, 0.6) is 5.75 Å². The topological polar surface area (TPSA) is 54.4 Å². The molecule has 0 amide bonds. The van der Waals surface area contributed by atoms with Gasteiger partial charge < -0.3 is 5.11 Å². The molecule has 1 aliphatic carbocycles. The van der Waals surface area contributed by atoms with Crippen molar-refractivity contribution in [3.63, 3.8) is 0 Å². The van der Waals surface area contributed by atoms with Gasteiger partial charge in [-0.2, -0.15) is 0 Å². The Bertz CT molecular complexity index is 479. The zero-order chi connectivity index (χ0) is 11.9. The number of carbonyl (C=O) groups is 2. The Hall–Kier alpha value is -1.16. The average molecular weight is 283 g/mol. The summed E-state index contributed by atoms with van der Waals surface area (Å²) >= 11 is 3.35. The van der Waals surface area contributed by atoms with Crippen LogP contribution in [0.15, 0.2) is 16.6 Å². The number of ketones is 2. The van der Waals surface area contributed by atoms with Crippen LogP contribution in [-0.4, -0.2) is 16.7 Å². The fourth-order valence-electron chi connectivity index (χ4n) is 2.05. The van der Waals surface area contributed by atoms with Gasteiger partial charge in [-0.25, -0.2) is 0 Å². The van der Waals surface area contributed by atoms with Crippen LogP contribution >= 0.6 is 15.9 Å². The minimum atomic E-state index is -0.252.